The number of rotatable bonds is 5. The van der Waals surface area contributed by atoms with E-state index in [0.717, 1.165) is 6.07 Å². The summed E-state index contributed by atoms with van der Waals surface area (Å²) in [5.41, 5.74) is -0.203. The maximum absolute atomic E-state index is 14.4. The number of hydroxylamine groups is 1. The smallest absolute Gasteiger partial charge is 0.336 e. The molecule has 0 spiro atoms. The Labute approximate surface area is 162 Å². The third kappa shape index (κ3) is 4.85. The van der Waals surface area contributed by atoms with Crippen LogP contribution in [0.3, 0.4) is 0 Å². The number of benzene rings is 1. The molecule has 2 rings (SSSR count). The Bertz CT molecular complexity index is 880. The Morgan fingerprint density at radius 3 is 2.52 bits per heavy atom. The lowest BCUT2D eigenvalue weighted by atomic mass is 10.1. The highest BCUT2D eigenvalue weighted by molar-refractivity contribution is 9.10. The average molecular weight is 475 g/mol. The van der Waals surface area contributed by atoms with E-state index in [2.05, 4.69) is 26.2 Å². The van der Waals surface area contributed by atoms with Gasteiger partial charge < -0.3 is 5.32 Å². The minimum Gasteiger partial charge on any atom is -0.336 e. The summed E-state index contributed by atoms with van der Waals surface area (Å²) < 4.78 is 65.9. The van der Waals surface area contributed by atoms with Gasteiger partial charge in [-0.25, -0.2) is 19.2 Å². The second kappa shape index (κ2) is 8.36. The molecule has 0 atom stereocenters. The fraction of sp³-hybridized carbons (Fsp3) is 0.200. The van der Waals surface area contributed by atoms with Gasteiger partial charge in [0.05, 0.1) is 32.9 Å². The van der Waals surface area contributed by atoms with Gasteiger partial charge in [0, 0.05) is 6.20 Å². The molecule has 0 unspecified atom stereocenters. The number of alkyl halides is 3. The van der Waals surface area contributed by atoms with Crippen molar-refractivity contribution >= 4 is 44.9 Å². The van der Waals surface area contributed by atoms with Crippen LogP contribution in [0.25, 0.3) is 0 Å². The van der Waals surface area contributed by atoms with Gasteiger partial charge in [-0.15, -0.1) is 0 Å². The van der Waals surface area contributed by atoms with Gasteiger partial charge in [0.2, 0.25) is 0 Å². The van der Waals surface area contributed by atoms with Crippen molar-refractivity contribution in [1.82, 2.24) is 10.5 Å². The molecule has 0 bridgehead atoms. The van der Waals surface area contributed by atoms with E-state index in [1.54, 1.807) is 6.92 Å². The third-order valence-electron chi connectivity index (χ3n) is 3.13. The van der Waals surface area contributed by atoms with Crippen molar-refractivity contribution in [3.63, 3.8) is 0 Å². The van der Waals surface area contributed by atoms with Crippen molar-refractivity contribution in [3.05, 3.63) is 50.6 Å². The Morgan fingerprint density at radius 2 is 1.96 bits per heavy atom. The summed E-state index contributed by atoms with van der Waals surface area (Å²) in [6, 6.07) is 1.52. The third-order valence-corrected chi connectivity index (χ3v) is 3.99. The van der Waals surface area contributed by atoms with Gasteiger partial charge in [-0.1, -0.05) is 11.6 Å². The van der Waals surface area contributed by atoms with Crippen LogP contribution in [-0.4, -0.2) is 17.5 Å². The average Bonchev–Trinajstić information content (AvgIpc) is 2.60. The molecule has 0 saturated carbocycles. The summed E-state index contributed by atoms with van der Waals surface area (Å²) in [6.07, 6.45) is -4.23. The molecule has 2 aromatic rings. The molecule has 0 aliphatic heterocycles. The van der Waals surface area contributed by atoms with Crippen molar-refractivity contribution in [2.24, 2.45) is 0 Å². The Hall–Kier alpha value is -1.98. The van der Waals surface area contributed by atoms with Gasteiger partial charge in [0.1, 0.15) is 5.82 Å². The van der Waals surface area contributed by atoms with Gasteiger partial charge in [-0.05, 0) is 35.0 Å². The summed E-state index contributed by atoms with van der Waals surface area (Å²) in [5.74, 6) is -4.13. The molecule has 0 fully saturated rings. The van der Waals surface area contributed by atoms with Gasteiger partial charge in [-0.3, -0.25) is 9.63 Å². The Morgan fingerprint density at radius 1 is 1.30 bits per heavy atom. The van der Waals surface area contributed by atoms with Crippen LogP contribution in [0.15, 0.2) is 22.8 Å². The Balaban J connectivity index is 2.49. The van der Waals surface area contributed by atoms with E-state index in [0.29, 0.717) is 12.3 Å². The largest absolute Gasteiger partial charge is 0.417 e. The lowest BCUT2D eigenvalue weighted by Crippen LogP contribution is -2.25. The zero-order valence-electron chi connectivity index (χ0n) is 13.3. The maximum Gasteiger partial charge on any atom is 0.417 e. The van der Waals surface area contributed by atoms with E-state index in [1.165, 1.54) is 0 Å². The van der Waals surface area contributed by atoms with Crippen molar-refractivity contribution in [2.45, 2.75) is 13.1 Å². The van der Waals surface area contributed by atoms with Crippen molar-refractivity contribution < 1.29 is 31.6 Å². The number of carbonyl (C=O) groups excluding carboxylic acids is 1. The molecular formula is C15H10BrClF5N3O2. The molecule has 5 nitrogen and oxygen atoms in total. The van der Waals surface area contributed by atoms with Crippen LogP contribution < -0.4 is 10.8 Å². The molecular weight excluding hydrogens is 465 g/mol. The number of anilines is 2. The summed E-state index contributed by atoms with van der Waals surface area (Å²) in [6.45, 7) is 1.68. The number of hydrogen-bond acceptors (Lipinski definition) is 4. The molecule has 1 heterocycles. The van der Waals surface area contributed by atoms with Crippen LogP contribution in [0.5, 0.6) is 0 Å². The highest BCUT2D eigenvalue weighted by Gasteiger charge is 2.32. The molecule has 1 aromatic heterocycles. The van der Waals surface area contributed by atoms with Crippen molar-refractivity contribution in [1.29, 1.82) is 0 Å². The SMILES string of the molecule is CCONC(=O)c1cc(Br)c(F)c(F)c1Nc1ncc(C(F)(F)F)cc1Cl. The highest BCUT2D eigenvalue weighted by Crippen LogP contribution is 2.35. The summed E-state index contributed by atoms with van der Waals surface area (Å²) in [5, 5.41) is 1.74. The summed E-state index contributed by atoms with van der Waals surface area (Å²) in [7, 11) is 0. The normalized spacial score (nSPS) is 11.4. The van der Waals surface area contributed by atoms with Crippen LogP contribution in [0.4, 0.5) is 33.5 Å². The van der Waals surface area contributed by atoms with Crippen molar-refractivity contribution in [2.75, 3.05) is 11.9 Å². The number of amides is 1. The number of nitrogens with zero attached hydrogens (tertiary/aromatic N) is 1. The van der Waals surface area contributed by atoms with Crippen LogP contribution in [0.1, 0.15) is 22.8 Å². The first-order chi connectivity index (χ1) is 12.6. The number of carbonyl (C=O) groups is 1. The minimum absolute atomic E-state index is 0.103. The molecule has 0 radical (unpaired) electrons. The van der Waals surface area contributed by atoms with E-state index < -0.39 is 51.4 Å². The molecule has 1 aromatic carbocycles. The van der Waals surface area contributed by atoms with Crippen LogP contribution in [0, 0.1) is 11.6 Å². The zero-order chi connectivity index (χ0) is 20.4. The van der Waals surface area contributed by atoms with Crippen LogP contribution in [-0.2, 0) is 11.0 Å². The Kier molecular flexibility index (Phi) is 6.60. The van der Waals surface area contributed by atoms with E-state index in [4.69, 9.17) is 16.4 Å². The number of halogens is 7. The maximum atomic E-state index is 14.4. The summed E-state index contributed by atoms with van der Waals surface area (Å²) >= 11 is 8.52. The zero-order valence-corrected chi connectivity index (χ0v) is 15.7. The minimum atomic E-state index is -4.69. The molecule has 146 valence electrons. The van der Waals surface area contributed by atoms with Gasteiger partial charge >= 0.3 is 6.18 Å². The number of pyridine rings is 1. The molecule has 0 saturated heterocycles. The number of hydrogen-bond donors (Lipinski definition) is 2. The second-order valence-corrected chi connectivity index (χ2v) is 6.21. The molecule has 0 aliphatic carbocycles. The quantitative estimate of drug-likeness (QED) is 0.354. The molecule has 27 heavy (non-hydrogen) atoms. The molecule has 2 N–H and O–H groups in total. The lowest BCUT2D eigenvalue weighted by molar-refractivity contribution is -0.137. The predicted octanol–water partition coefficient (Wildman–Crippen LogP) is 5.22. The van der Waals surface area contributed by atoms with E-state index in [1.807, 2.05) is 5.48 Å². The topological polar surface area (TPSA) is 63.2 Å². The van der Waals surface area contributed by atoms with Gasteiger partial charge in [-0.2, -0.15) is 13.2 Å². The second-order valence-electron chi connectivity index (χ2n) is 4.95. The first-order valence-electron chi connectivity index (χ1n) is 7.15. The molecule has 12 heteroatoms. The van der Waals surface area contributed by atoms with Gasteiger partial charge in [0.25, 0.3) is 5.91 Å². The predicted molar refractivity (Wildman–Crippen MR) is 90.7 cm³/mol. The summed E-state index contributed by atoms with van der Waals surface area (Å²) in [4.78, 5) is 20.3. The fourth-order valence-electron chi connectivity index (χ4n) is 1.89. The molecule has 1 amide bonds. The van der Waals surface area contributed by atoms with Crippen molar-refractivity contribution in [3.8, 4) is 0 Å². The lowest BCUT2D eigenvalue weighted by Gasteiger charge is -2.15. The van der Waals surface area contributed by atoms with Crippen LogP contribution >= 0.6 is 27.5 Å². The number of nitrogens with one attached hydrogen (secondary N) is 2. The van der Waals surface area contributed by atoms with Crippen LogP contribution in [0.2, 0.25) is 5.02 Å². The van der Waals surface area contributed by atoms with Gasteiger partial charge in [0.15, 0.2) is 11.6 Å². The standard InChI is InChI=1S/C15H10BrClF5N3O2/c1-2-27-25-14(26)7-4-8(16)10(18)11(19)12(7)24-13-9(17)3-6(5-23-13)15(20,21)22/h3-5H,2H2,1H3,(H,23,24)(H,25,26). The van der Waals surface area contributed by atoms with E-state index >= 15 is 0 Å². The first kappa shape index (κ1) is 21.3. The number of aromatic nitrogens is 1. The molecule has 0 aliphatic rings. The fourth-order valence-corrected chi connectivity index (χ4v) is 2.51. The van der Waals surface area contributed by atoms with E-state index in [9.17, 15) is 26.7 Å². The highest BCUT2D eigenvalue weighted by atomic mass is 79.9. The first-order valence-corrected chi connectivity index (χ1v) is 8.32. The van der Waals surface area contributed by atoms with E-state index in [-0.39, 0.29) is 11.1 Å². The monoisotopic (exact) mass is 473 g/mol.